The van der Waals surface area contributed by atoms with Crippen molar-refractivity contribution in [2.24, 2.45) is 7.05 Å². The standard InChI is InChI=1S/C26H32N6O2/c1-16(2)32-25-22(15-28-32)17(3)21(18(4)29-25)11-12-23(33)30-24(26-27-13-14-31(26)5)19-7-9-20(34-6)10-8-19/h7-10,13-16,24H,11-12H2,1-6H3,(H,30,33)/t24-/m0/s1. The second kappa shape index (κ2) is 9.67. The lowest BCUT2D eigenvalue weighted by Crippen LogP contribution is -2.31. The van der Waals surface area contributed by atoms with Gasteiger partial charge in [0, 0.05) is 43.0 Å². The molecule has 4 aromatic rings. The number of aromatic nitrogens is 5. The number of fused-ring (bicyclic) bond motifs is 1. The first kappa shape index (κ1) is 23.5. The number of benzene rings is 1. The lowest BCUT2D eigenvalue weighted by Gasteiger charge is -2.20. The van der Waals surface area contributed by atoms with Crippen LogP contribution in [0.25, 0.3) is 11.0 Å². The highest BCUT2D eigenvalue weighted by Crippen LogP contribution is 2.26. The largest absolute Gasteiger partial charge is 0.497 e. The first-order chi connectivity index (χ1) is 16.3. The van der Waals surface area contributed by atoms with E-state index in [1.165, 1.54) is 0 Å². The average molecular weight is 461 g/mol. The molecule has 0 saturated heterocycles. The van der Waals surface area contributed by atoms with Crippen molar-refractivity contribution in [2.45, 2.75) is 52.6 Å². The summed E-state index contributed by atoms with van der Waals surface area (Å²) >= 11 is 0. The van der Waals surface area contributed by atoms with Crippen molar-refractivity contribution in [3.63, 3.8) is 0 Å². The number of carbonyl (C=O) groups excluding carboxylic acids is 1. The van der Waals surface area contributed by atoms with Crippen molar-refractivity contribution in [2.75, 3.05) is 7.11 Å². The summed E-state index contributed by atoms with van der Waals surface area (Å²) < 4.78 is 9.15. The van der Waals surface area contributed by atoms with Crippen molar-refractivity contribution < 1.29 is 9.53 Å². The van der Waals surface area contributed by atoms with E-state index in [1.807, 2.05) is 59.9 Å². The zero-order chi connectivity index (χ0) is 24.4. The summed E-state index contributed by atoms with van der Waals surface area (Å²) in [5, 5.41) is 8.73. The summed E-state index contributed by atoms with van der Waals surface area (Å²) in [5.41, 5.74) is 5.02. The molecule has 0 bridgehead atoms. The number of ether oxygens (including phenoxy) is 1. The highest BCUT2D eigenvalue weighted by Gasteiger charge is 2.22. The van der Waals surface area contributed by atoms with Crippen LogP contribution in [0.1, 0.15) is 60.6 Å². The molecule has 0 spiro atoms. The number of imidazole rings is 1. The van der Waals surface area contributed by atoms with Crippen molar-refractivity contribution in [1.29, 1.82) is 0 Å². The molecule has 8 heteroatoms. The van der Waals surface area contributed by atoms with E-state index in [9.17, 15) is 4.79 Å². The summed E-state index contributed by atoms with van der Waals surface area (Å²) in [5.74, 6) is 1.50. The Labute approximate surface area is 200 Å². The van der Waals surface area contributed by atoms with Crippen LogP contribution in [-0.2, 0) is 18.3 Å². The van der Waals surface area contributed by atoms with Crippen LogP contribution in [0.3, 0.4) is 0 Å². The van der Waals surface area contributed by atoms with Crippen LogP contribution in [0.4, 0.5) is 0 Å². The Hall–Kier alpha value is -3.68. The van der Waals surface area contributed by atoms with Crippen molar-refractivity contribution in [3.8, 4) is 5.75 Å². The van der Waals surface area contributed by atoms with Gasteiger partial charge < -0.3 is 14.6 Å². The highest BCUT2D eigenvalue weighted by molar-refractivity contribution is 5.81. The van der Waals surface area contributed by atoms with Gasteiger partial charge in [0.05, 0.1) is 13.3 Å². The van der Waals surface area contributed by atoms with E-state index in [4.69, 9.17) is 9.72 Å². The Kier molecular flexibility index (Phi) is 6.68. The molecule has 3 aromatic heterocycles. The maximum atomic E-state index is 13.1. The average Bonchev–Trinajstić information content (AvgIpc) is 3.43. The number of nitrogens with zero attached hydrogens (tertiary/aromatic N) is 5. The van der Waals surface area contributed by atoms with E-state index >= 15 is 0 Å². The maximum Gasteiger partial charge on any atom is 0.221 e. The SMILES string of the molecule is COc1ccc([C@H](NC(=O)CCc2c(C)nc3c(cnn3C(C)C)c2C)c2nccn2C)cc1. The highest BCUT2D eigenvalue weighted by atomic mass is 16.5. The van der Waals surface area contributed by atoms with Gasteiger partial charge in [-0.2, -0.15) is 5.10 Å². The normalized spacial score (nSPS) is 12.3. The predicted molar refractivity (Wildman–Crippen MR) is 132 cm³/mol. The molecule has 34 heavy (non-hydrogen) atoms. The molecule has 0 aliphatic heterocycles. The molecule has 0 saturated carbocycles. The number of nitrogens with one attached hydrogen (secondary N) is 1. The minimum Gasteiger partial charge on any atom is -0.497 e. The first-order valence-corrected chi connectivity index (χ1v) is 11.5. The summed E-state index contributed by atoms with van der Waals surface area (Å²) in [6, 6.07) is 7.57. The molecule has 3 heterocycles. The second-order valence-corrected chi connectivity index (χ2v) is 8.89. The van der Waals surface area contributed by atoms with Gasteiger partial charge in [0.1, 0.15) is 17.6 Å². The fourth-order valence-corrected chi connectivity index (χ4v) is 4.36. The number of methoxy groups -OCH3 is 1. The number of hydrogen-bond donors (Lipinski definition) is 1. The Morgan fingerprint density at radius 1 is 1.18 bits per heavy atom. The Morgan fingerprint density at radius 3 is 2.53 bits per heavy atom. The Bertz CT molecular complexity index is 1300. The van der Waals surface area contributed by atoms with Crippen LogP contribution >= 0.6 is 0 Å². The minimum atomic E-state index is -0.356. The van der Waals surface area contributed by atoms with E-state index in [0.717, 1.165) is 45.0 Å². The van der Waals surface area contributed by atoms with Crippen molar-refractivity contribution in [3.05, 3.63) is 71.1 Å². The van der Waals surface area contributed by atoms with Crippen LogP contribution in [0.5, 0.6) is 5.75 Å². The van der Waals surface area contributed by atoms with Crippen molar-refractivity contribution >= 4 is 16.9 Å². The minimum absolute atomic E-state index is 0.0411. The molecule has 0 unspecified atom stereocenters. The summed E-state index contributed by atoms with van der Waals surface area (Å²) in [6.07, 6.45) is 6.45. The smallest absolute Gasteiger partial charge is 0.221 e. The zero-order valence-electron chi connectivity index (χ0n) is 20.7. The van der Waals surface area contributed by atoms with Gasteiger partial charge in [-0.25, -0.2) is 14.6 Å². The molecule has 178 valence electrons. The second-order valence-electron chi connectivity index (χ2n) is 8.89. The molecular formula is C26H32N6O2. The van der Waals surface area contributed by atoms with E-state index in [-0.39, 0.29) is 18.0 Å². The predicted octanol–water partition coefficient (Wildman–Crippen LogP) is 4.21. The van der Waals surface area contributed by atoms with Gasteiger partial charge >= 0.3 is 0 Å². The van der Waals surface area contributed by atoms with E-state index in [0.29, 0.717) is 12.8 Å². The number of rotatable bonds is 8. The number of hydrogen-bond acceptors (Lipinski definition) is 5. The monoisotopic (exact) mass is 460 g/mol. The molecule has 4 rings (SSSR count). The van der Waals surface area contributed by atoms with Gasteiger partial charge in [0.2, 0.25) is 5.91 Å². The number of pyridine rings is 1. The van der Waals surface area contributed by atoms with E-state index in [2.05, 4.69) is 36.2 Å². The fraction of sp³-hybridized carbons (Fsp3) is 0.385. The van der Waals surface area contributed by atoms with Crippen LogP contribution in [0, 0.1) is 13.8 Å². The lowest BCUT2D eigenvalue weighted by molar-refractivity contribution is -0.121. The summed E-state index contributed by atoms with van der Waals surface area (Å²) in [6.45, 7) is 8.28. The molecule has 1 aromatic carbocycles. The number of carbonyl (C=O) groups is 1. The molecule has 8 nitrogen and oxygen atoms in total. The van der Waals surface area contributed by atoms with Crippen LogP contribution < -0.4 is 10.1 Å². The molecule has 0 aliphatic rings. The Balaban J connectivity index is 1.54. The molecular weight excluding hydrogens is 428 g/mol. The topological polar surface area (TPSA) is 86.9 Å². The van der Waals surface area contributed by atoms with Gasteiger partial charge in [-0.15, -0.1) is 0 Å². The van der Waals surface area contributed by atoms with Gasteiger partial charge in [-0.1, -0.05) is 12.1 Å². The van der Waals surface area contributed by atoms with Gasteiger partial charge in [0.15, 0.2) is 5.65 Å². The summed E-state index contributed by atoms with van der Waals surface area (Å²) in [7, 11) is 3.56. The van der Waals surface area contributed by atoms with Crippen LogP contribution in [0.2, 0.25) is 0 Å². The third-order valence-electron chi connectivity index (χ3n) is 6.30. The maximum absolute atomic E-state index is 13.1. The molecule has 1 amide bonds. The van der Waals surface area contributed by atoms with Gasteiger partial charge in [-0.05, 0) is 62.9 Å². The molecule has 0 radical (unpaired) electrons. The Morgan fingerprint density at radius 2 is 1.91 bits per heavy atom. The lowest BCUT2D eigenvalue weighted by atomic mass is 10.00. The van der Waals surface area contributed by atoms with Crippen LogP contribution in [-0.4, -0.2) is 37.3 Å². The quantitative estimate of drug-likeness (QED) is 0.426. The third-order valence-corrected chi connectivity index (χ3v) is 6.30. The van der Waals surface area contributed by atoms with E-state index < -0.39 is 0 Å². The first-order valence-electron chi connectivity index (χ1n) is 11.5. The fourth-order valence-electron chi connectivity index (χ4n) is 4.36. The molecule has 1 N–H and O–H groups in total. The zero-order valence-corrected chi connectivity index (χ0v) is 20.7. The molecule has 0 aliphatic carbocycles. The number of amides is 1. The molecule has 0 fully saturated rings. The van der Waals surface area contributed by atoms with Crippen LogP contribution in [0.15, 0.2) is 42.9 Å². The van der Waals surface area contributed by atoms with Gasteiger partial charge in [-0.3, -0.25) is 4.79 Å². The summed E-state index contributed by atoms with van der Waals surface area (Å²) in [4.78, 5) is 22.4. The van der Waals surface area contributed by atoms with Crippen molar-refractivity contribution in [1.82, 2.24) is 29.6 Å². The third kappa shape index (κ3) is 4.53. The number of aryl methyl sites for hydroxylation is 3. The van der Waals surface area contributed by atoms with E-state index in [1.54, 1.807) is 13.3 Å². The van der Waals surface area contributed by atoms with Gasteiger partial charge in [0.25, 0.3) is 0 Å². The molecule has 1 atom stereocenters.